The molecular formula is C92H110O2P2. The molecule has 0 N–H and O–H groups in total. The lowest BCUT2D eigenvalue weighted by Crippen LogP contribution is -2.24. The van der Waals surface area contributed by atoms with Gasteiger partial charge in [0.1, 0.15) is 11.5 Å². The van der Waals surface area contributed by atoms with Crippen molar-refractivity contribution in [2.45, 2.75) is 280 Å². The van der Waals surface area contributed by atoms with Crippen LogP contribution < -0.4 is 9.05 Å². The van der Waals surface area contributed by atoms with Crippen LogP contribution in [0, 0.1) is 0 Å². The lowest BCUT2D eigenvalue weighted by molar-refractivity contribution is 0.448. The van der Waals surface area contributed by atoms with Gasteiger partial charge in [0.05, 0.1) is 16.3 Å². The van der Waals surface area contributed by atoms with Crippen LogP contribution in [0.3, 0.4) is 0 Å². The van der Waals surface area contributed by atoms with Gasteiger partial charge in [0.25, 0.3) is 0 Å². The molecule has 0 saturated heterocycles. The van der Waals surface area contributed by atoms with Crippen molar-refractivity contribution in [3.8, 4) is 78.3 Å². The second-order valence-corrected chi connectivity index (χ2v) is 35.2. The summed E-state index contributed by atoms with van der Waals surface area (Å²) < 4.78 is 16.5. The van der Waals surface area contributed by atoms with E-state index in [4.69, 9.17) is 9.05 Å². The average molecular weight is 1310 g/mol. The first-order chi connectivity index (χ1) is 47.6. The summed E-state index contributed by atoms with van der Waals surface area (Å²) >= 11 is 0. The predicted octanol–water partition coefficient (Wildman–Crippen LogP) is 26.9. The van der Waals surface area contributed by atoms with Gasteiger partial charge in [-0.3, -0.25) is 0 Å². The molecule has 0 unspecified atom stereocenters. The van der Waals surface area contributed by atoms with Crippen molar-refractivity contribution >= 4 is 16.3 Å². The van der Waals surface area contributed by atoms with Crippen LogP contribution in [0.25, 0.3) is 66.8 Å². The molecule has 4 saturated carbocycles. The van der Waals surface area contributed by atoms with Crippen molar-refractivity contribution < 1.29 is 9.05 Å². The van der Waals surface area contributed by atoms with Gasteiger partial charge in [-0.05, 0) is 279 Å². The minimum absolute atomic E-state index is 0.646. The van der Waals surface area contributed by atoms with Crippen molar-refractivity contribution in [3.63, 3.8) is 0 Å². The molecule has 0 radical (unpaired) electrons. The first-order valence-corrected chi connectivity index (χ1v) is 42.3. The van der Waals surface area contributed by atoms with Gasteiger partial charge < -0.3 is 9.05 Å². The first-order valence-electron chi connectivity index (χ1n) is 39.5. The maximum Gasteiger partial charge on any atom is 0.139 e. The molecule has 0 aliphatic heterocycles. The Morgan fingerprint density at radius 1 is 0.271 bits per heavy atom. The summed E-state index contributed by atoms with van der Waals surface area (Å²) in [7, 11) is -1.29. The van der Waals surface area contributed by atoms with Gasteiger partial charge in [-0.2, -0.15) is 0 Å². The van der Waals surface area contributed by atoms with Gasteiger partial charge in [0.2, 0.25) is 0 Å². The van der Waals surface area contributed by atoms with Gasteiger partial charge in [-0.25, -0.2) is 0 Å². The van der Waals surface area contributed by atoms with E-state index in [-0.39, 0.29) is 0 Å². The number of hydrogen-bond acceptors (Lipinski definition) is 2. The van der Waals surface area contributed by atoms with Crippen LogP contribution >= 0.6 is 16.3 Å². The van der Waals surface area contributed by atoms with Crippen LogP contribution in [-0.4, -0.2) is 22.6 Å². The molecule has 0 bridgehead atoms. The number of fused-ring (bicyclic) bond motifs is 4. The highest BCUT2D eigenvalue weighted by Crippen LogP contribution is 2.64. The van der Waals surface area contributed by atoms with E-state index in [2.05, 4.69) is 159 Å². The summed E-state index contributed by atoms with van der Waals surface area (Å²) in [6.07, 6.45) is 49.3. The highest BCUT2D eigenvalue weighted by Gasteiger charge is 2.41. The van der Waals surface area contributed by atoms with E-state index in [9.17, 15) is 0 Å². The van der Waals surface area contributed by atoms with Crippen molar-refractivity contribution in [1.82, 2.24) is 0 Å². The van der Waals surface area contributed by atoms with Gasteiger partial charge >= 0.3 is 0 Å². The fourth-order valence-electron chi connectivity index (χ4n) is 19.6. The molecule has 4 heteroatoms. The Labute approximate surface area is 581 Å². The zero-order valence-electron chi connectivity index (χ0n) is 58.7. The number of rotatable bonds is 16. The third-order valence-electron chi connectivity index (χ3n) is 24.4. The summed E-state index contributed by atoms with van der Waals surface area (Å²) in [5, 5.41) is 0. The second kappa shape index (κ2) is 31.6. The van der Waals surface area contributed by atoms with Crippen LogP contribution in [-0.2, 0) is 64.2 Å². The molecule has 8 aliphatic carbocycles. The smallest absolute Gasteiger partial charge is 0.139 e. The van der Waals surface area contributed by atoms with E-state index in [0.29, 0.717) is 22.6 Å². The molecule has 0 spiro atoms. The van der Waals surface area contributed by atoms with E-state index in [1.807, 2.05) is 0 Å². The first kappa shape index (κ1) is 66.1. The maximum absolute atomic E-state index is 8.27. The van der Waals surface area contributed by atoms with Crippen LogP contribution in [0.2, 0.25) is 0 Å². The molecule has 96 heavy (non-hydrogen) atoms. The molecule has 500 valence electrons. The zero-order chi connectivity index (χ0) is 64.6. The number of benzene rings is 8. The van der Waals surface area contributed by atoms with Crippen molar-refractivity contribution in [1.29, 1.82) is 0 Å². The molecule has 0 aromatic heterocycles. The monoisotopic (exact) mass is 1310 g/mol. The molecule has 4 fully saturated rings. The Hall–Kier alpha value is -5.78. The van der Waals surface area contributed by atoms with Crippen LogP contribution in [0.5, 0.6) is 11.5 Å². The van der Waals surface area contributed by atoms with Gasteiger partial charge in [-0.1, -0.05) is 224 Å². The van der Waals surface area contributed by atoms with Crippen molar-refractivity contribution in [3.05, 3.63) is 201 Å². The molecule has 8 aliphatic rings. The summed E-state index contributed by atoms with van der Waals surface area (Å²) in [4.78, 5) is 0. The van der Waals surface area contributed by atoms with E-state index in [1.165, 1.54) is 273 Å². The third kappa shape index (κ3) is 14.1. The molecule has 0 atom stereocenters. The highest BCUT2D eigenvalue weighted by atomic mass is 31.1. The number of aryl methyl sites for hydroxylation is 4. The summed E-state index contributed by atoms with van der Waals surface area (Å²) in [6, 6.07) is 55.6. The molecule has 0 heterocycles. The zero-order valence-corrected chi connectivity index (χ0v) is 60.5. The number of hydrogen-bond donors (Lipinski definition) is 0. The minimum Gasteiger partial charge on any atom is -0.472 e. The van der Waals surface area contributed by atoms with E-state index >= 15 is 0 Å². The van der Waals surface area contributed by atoms with Gasteiger partial charge in [0.15, 0.2) is 0 Å². The molecule has 2 nitrogen and oxygen atoms in total. The Bertz CT molecular complexity index is 3610. The Balaban J connectivity index is 0.000000179. The normalized spacial score (nSPS) is 18.8. The summed E-state index contributed by atoms with van der Waals surface area (Å²) in [5.74, 6) is 2.48. The highest BCUT2D eigenvalue weighted by molar-refractivity contribution is 7.55. The van der Waals surface area contributed by atoms with Crippen molar-refractivity contribution in [2.24, 2.45) is 0 Å². The van der Waals surface area contributed by atoms with E-state index in [0.717, 1.165) is 38.5 Å². The van der Waals surface area contributed by atoms with Crippen molar-refractivity contribution in [2.75, 3.05) is 0 Å². The summed E-state index contributed by atoms with van der Waals surface area (Å²) in [5.41, 5.74) is 36.0. The third-order valence-corrected chi connectivity index (χ3v) is 30.1. The van der Waals surface area contributed by atoms with Crippen LogP contribution in [0.4, 0.5) is 0 Å². The Morgan fingerprint density at radius 2 is 0.510 bits per heavy atom. The van der Waals surface area contributed by atoms with E-state index in [1.54, 1.807) is 66.8 Å². The maximum atomic E-state index is 8.27. The minimum atomic E-state index is -0.646. The Morgan fingerprint density at radius 3 is 0.781 bits per heavy atom. The topological polar surface area (TPSA) is 18.5 Å². The molecule has 8 aromatic rings. The quantitative estimate of drug-likeness (QED) is 0.0898. The molecular weight excluding hydrogens is 1200 g/mol. The predicted molar refractivity (Wildman–Crippen MR) is 413 cm³/mol. The average Bonchev–Trinajstić information content (AvgIpc) is 0.759. The van der Waals surface area contributed by atoms with Gasteiger partial charge in [-0.15, -0.1) is 0 Å². The standard InChI is InChI=1S/C56H72O2P2.C36H38/c1-7-23-41(24-8-1)51-39-43-27-19-21-37-49(43)53(55(51)57-59(45-29-11-3-12-30-45)46-31-13-4-14-32-46)54-50-38-22-20-28-44(50)40-52(42-25-9-2-10-26-42)56(54)58-60(47-33-15-5-16-34-47)48-35-17-6-18-36-48;1-3-29-33(25-15-7-5-8-16-25)23-27-19-11-13-21-31(27)35(29)36-30(4-2)34(26-17-9-6-10-18-26)24-28-20-12-14-22-32(28)36/h1-2,7-10,23-26,39-40,45-48H,3-6,11-22,27-38H2;5-10,15-18,23-24H,3-4,11-14,19-22H2,1-2H3. The second-order valence-electron chi connectivity index (χ2n) is 30.4. The molecule has 8 aromatic carbocycles. The summed E-state index contributed by atoms with van der Waals surface area (Å²) in [6.45, 7) is 4.75. The fraction of sp³-hybridized carbons (Fsp3) is 0.478. The van der Waals surface area contributed by atoms with E-state index < -0.39 is 16.3 Å². The lowest BCUT2D eigenvalue weighted by atomic mass is 9.73. The SMILES string of the molecule is CCc1c(-c2ccccc2)cc2c(c1-c1c3c(cc(-c4ccccc4)c1CC)CCCC3)CCCC2.c1ccc(-c2cc3c(c(-c4c5c(cc(-c6ccccc6)c4OP(C4CCCCC4)C4CCCCC4)CCCC5)c2OP(C2CCCCC2)C2CCCCC2)CCCC3)cc1. The molecule has 16 rings (SSSR count). The van der Waals surface area contributed by atoms with Crippen LogP contribution in [0.1, 0.15) is 249 Å². The largest absolute Gasteiger partial charge is 0.472 e. The Kier molecular flexibility index (Phi) is 21.8. The van der Waals surface area contributed by atoms with Gasteiger partial charge in [0, 0.05) is 44.9 Å². The lowest BCUT2D eigenvalue weighted by Gasteiger charge is -2.40. The fourth-order valence-corrected chi connectivity index (χ4v) is 25.7. The molecule has 0 amide bonds. The van der Waals surface area contributed by atoms with Crippen LogP contribution in [0.15, 0.2) is 146 Å².